The Kier molecular flexibility index (Phi) is 4.36. The summed E-state index contributed by atoms with van der Waals surface area (Å²) in [5.41, 5.74) is 1.04. The SMILES string of the molecule is C[SH](C)(C)(C)C#Cc1ccc(OC2CCCCO2)cc1. The molecule has 2 nitrogen and oxygen atoms in total. The van der Waals surface area contributed by atoms with E-state index in [4.69, 9.17) is 9.47 Å². The fourth-order valence-electron chi connectivity index (χ4n) is 1.86. The summed E-state index contributed by atoms with van der Waals surface area (Å²) in [5.74, 6) is 4.14. The van der Waals surface area contributed by atoms with Crippen LogP contribution >= 0.6 is 9.16 Å². The maximum atomic E-state index is 5.81. The molecule has 0 N–H and O–H groups in total. The van der Waals surface area contributed by atoms with Crippen LogP contribution in [0.3, 0.4) is 0 Å². The molecule has 0 saturated carbocycles. The highest BCUT2D eigenvalue weighted by atomic mass is 32.3. The number of rotatable bonds is 2. The molecule has 3 heteroatoms. The van der Waals surface area contributed by atoms with E-state index in [1.165, 1.54) is 6.42 Å². The van der Waals surface area contributed by atoms with E-state index in [-0.39, 0.29) is 6.29 Å². The van der Waals surface area contributed by atoms with Crippen molar-refractivity contribution in [3.8, 4) is 16.9 Å². The predicted octanol–water partition coefficient (Wildman–Crippen LogP) is 3.49. The quantitative estimate of drug-likeness (QED) is 0.665. The molecule has 2 rings (SSSR count). The third-order valence-corrected chi connectivity index (χ3v) is 3.91. The molecule has 20 heavy (non-hydrogen) atoms. The summed E-state index contributed by atoms with van der Waals surface area (Å²) in [6, 6.07) is 8.00. The Bertz CT molecular complexity index is 499. The molecule has 1 aromatic rings. The highest BCUT2D eigenvalue weighted by Crippen LogP contribution is 2.54. The molecule has 0 aliphatic carbocycles. The Hall–Kier alpha value is -1.11. The molecule has 1 saturated heterocycles. The van der Waals surface area contributed by atoms with Gasteiger partial charge in [-0.2, -0.15) is 0 Å². The maximum Gasteiger partial charge on any atom is 0.199 e. The largest absolute Gasteiger partial charge is 0.465 e. The van der Waals surface area contributed by atoms with Crippen LogP contribution in [0.5, 0.6) is 5.75 Å². The molecule has 1 heterocycles. The van der Waals surface area contributed by atoms with E-state index in [9.17, 15) is 0 Å². The zero-order valence-corrected chi connectivity index (χ0v) is 13.9. The van der Waals surface area contributed by atoms with E-state index in [0.717, 1.165) is 30.8 Å². The first-order valence-corrected chi connectivity index (χ1v) is 11.2. The van der Waals surface area contributed by atoms with Gasteiger partial charge in [0, 0.05) is 12.0 Å². The maximum absolute atomic E-state index is 5.81. The van der Waals surface area contributed by atoms with Gasteiger partial charge in [-0.05, 0) is 62.1 Å². The lowest BCUT2D eigenvalue weighted by molar-refractivity contribution is -0.105. The first-order chi connectivity index (χ1) is 9.28. The minimum Gasteiger partial charge on any atom is -0.465 e. The van der Waals surface area contributed by atoms with E-state index in [1.54, 1.807) is 0 Å². The Balaban J connectivity index is 1.99. The number of hydrogen-bond acceptors (Lipinski definition) is 2. The van der Waals surface area contributed by atoms with Crippen molar-refractivity contribution < 1.29 is 9.47 Å². The lowest BCUT2D eigenvalue weighted by Gasteiger charge is -2.40. The van der Waals surface area contributed by atoms with Gasteiger partial charge in [0.1, 0.15) is 5.75 Å². The average molecular weight is 294 g/mol. The van der Waals surface area contributed by atoms with E-state index >= 15 is 0 Å². The molecular formula is C17H26O2S. The van der Waals surface area contributed by atoms with Gasteiger partial charge in [0.25, 0.3) is 0 Å². The van der Waals surface area contributed by atoms with Gasteiger partial charge in [-0.1, -0.05) is 11.2 Å². The summed E-state index contributed by atoms with van der Waals surface area (Å²) in [5, 5.41) is 3.43. The fraction of sp³-hybridized carbons (Fsp3) is 0.529. The van der Waals surface area contributed by atoms with E-state index in [0.29, 0.717) is 0 Å². The second-order valence-corrected chi connectivity index (χ2v) is 14.6. The molecule has 1 aliphatic heterocycles. The number of hydrogen-bond donors (Lipinski definition) is 1. The second-order valence-electron chi connectivity index (χ2n) is 7.25. The van der Waals surface area contributed by atoms with Crippen LogP contribution in [-0.4, -0.2) is 37.9 Å². The van der Waals surface area contributed by atoms with Crippen LogP contribution in [-0.2, 0) is 4.74 Å². The average Bonchev–Trinajstić information content (AvgIpc) is 2.38. The van der Waals surface area contributed by atoms with Crippen molar-refractivity contribution in [1.29, 1.82) is 0 Å². The Labute approximate surface area is 123 Å². The van der Waals surface area contributed by atoms with Crippen LogP contribution in [0.25, 0.3) is 0 Å². The van der Waals surface area contributed by atoms with E-state index in [1.807, 2.05) is 24.3 Å². The van der Waals surface area contributed by atoms with Crippen molar-refractivity contribution in [2.45, 2.75) is 25.6 Å². The molecule has 0 aromatic heterocycles. The van der Waals surface area contributed by atoms with Crippen LogP contribution in [0.2, 0.25) is 0 Å². The van der Waals surface area contributed by atoms with Gasteiger partial charge >= 0.3 is 0 Å². The van der Waals surface area contributed by atoms with Crippen molar-refractivity contribution in [3.63, 3.8) is 0 Å². The van der Waals surface area contributed by atoms with E-state index < -0.39 is 9.16 Å². The van der Waals surface area contributed by atoms with Gasteiger partial charge < -0.3 is 9.47 Å². The van der Waals surface area contributed by atoms with Crippen molar-refractivity contribution in [2.24, 2.45) is 0 Å². The lowest BCUT2D eigenvalue weighted by Crippen LogP contribution is -2.24. The third kappa shape index (κ3) is 5.48. The van der Waals surface area contributed by atoms with Crippen LogP contribution < -0.4 is 4.74 Å². The smallest absolute Gasteiger partial charge is 0.199 e. The molecule has 1 atom stereocenters. The molecule has 0 amide bonds. The molecular weight excluding hydrogens is 268 g/mol. The van der Waals surface area contributed by atoms with Crippen LogP contribution in [0.15, 0.2) is 24.3 Å². The summed E-state index contributed by atoms with van der Waals surface area (Å²) in [6.45, 7) is 0.807. The van der Waals surface area contributed by atoms with Gasteiger partial charge in [-0.3, -0.25) is 0 Å². The summed E-state index contributed by atoms with van der Waals surface area (Å²) >= 11 is 0. The summed E-state index contributed by atoms with van der Waals surface area (Å²) in [7, 11) is -1.76. The second kappa shape index (κ2) is 5.71. The minimum atomic E-state index is -1.76. The standard InChI is InChI=1S/C17H26O2S/c1-20(2,3,4)14-12-15-8-10-16(11-9-15)19-17-7-5-6-13-18-17/h8-11,17,20H,5-7,13H2,1-4H3. The number of thiol groups is 1. The number of ether oxygens (including phenoxy) is 2. The van der Waals surface area contributed by atoms with Gasteiger partial charge in [0.2, 0.25) is 0 Å². The van der Waals surface area contributed by atoms with E-state index in [2.05, 4.69) is 36.2 Å². The first kappa shape index (κ1) is 15.3. The van der Waals surface area contributed by atoms with Crippen molar-refractivity contribution in [1.82, 2.24) is 0 Å². The minimum absolute atomic E-state index is 0.0823. The summed E-state index contributed by atoms with van der Waals surface area (Å²) in [6.07, 6.45) is 12.3. The fourth-order valence-corrected chi connectivity index (χ4v) is 2.44. The van der Waals surface area contributed by atoms with Crippen LogP contribution in [0.4, 0.5) is 0 Å². The normalized spacial score (nSPS) is 21.2. The Morgan fingerprint density at radius 2 is 1.80 bits per heavy atom. The van der Waals surface area contributed by atoms with Gasteiger partial charge in [0.15, 0.2) is 6.29 Å². The Morgan fingerprint density at radius 3 is 2.35 bits per heavy atom. The molecule has 112 valence electrons. The zero-order valence-electron chi connectivity index (χ0n) is 13.0. The molecule has 1 fully saturated rings. The molecule has 0 radical (unpaired) electrons. The molecule has 0 bridgehead atoms. The van der Waals surface area contributed by atoms with Gasteiger partial charge in [-0.15, -0.1) is 0 Å². The highest BCUT2D eigenvalue weighted by molar-refractivity contribution is 8.51. The molecule has 1 aliphatic rings. The van der Waals surface area contributed by atoms with Gasteiger partial charge in [0.05, 0.1) is 6.61 Å². The monoisotopic (exact) mass is 294 g/mol. The topological polar surface area (TPSA) is 18.5 Å². The number of benzene rings is 1. The van der Waals surface area contributed by atoms with Crippen molar-refractivity contribution in [2.75, 3.05) is 31.6 Å². The molecule has 1 unspecified atom stereocenters. The van der Waals surface area contributed by atoms with Crippen LogP contribution in [0.1, 0.15) is 24.8 Å². The van der Waals surface area contributed by atoms with Crippen LogP contribution in [0, 0.1) is 11.2 Å². The molecule has 1 aromatic carbocycles. The highest BCUT2D eigenvalue weighted by Gasteiger charge is 2.15. The third-order valence-electron chi connectivity index (χ3n) is 2.91. The predicted molar refractivity (Wildman–Crippen MR) is 90.2 cm³/mol. The zero-order chi connectivity index (χ0) is 14.7. The summed E-state index contributed by atoms with van der Waals surface area (Å²) < 4.78 is 11.4. The Morgan fingerprint density at radius 1 is 1.10 bits per heavy atom. The first-order valence-electron chi connectivity index (χ1n) is 7.21. The lowest BCUT2D eigenvalue weighted by atomic mass is 10.2. The van der Waals surface area contributed by atoms with Gasteiger partial charge in [-0.25, -0.2) is 9.16 Å². The summed E-state index contributed by atoms with van der Waals surface area (Å²) in [4.78, 5) is 0. The van der Waals surface area contributed by atoms with Crippen molar-refractivity contribution in [3.05, 3.63) is 29.8 Å². The molecule has 0 spiro atoms. The van der Waals surface area contributed by atoms with Crippen molar-refractivity contribution >= 4 is 9.16 Å².